The molecule has 0 fully saturated rings. The van der Waals surface area contributed by atoms with Gasteiger partial charge in [-0.15, -0.1) is 0 Å². The van der Waals surface area contributed by atoms with Crippen LogP contribution in [0.4, 0.5) is 0 Å². The smallest absolute Gasteiger partial charge is 0.327 e. The van der Waals surface area contributed by atoms with E-state index in [1.54, 1.807) is 6.92 Å². The summed E-state index contributed by atoms with van der Waals surface area (Å²) in [6.45, 7) is 1.66. The average molecular weight is 142 g/mol. The normalized spacial score (nSPS) is 8.14. The molecule has 0 atom stereocenters. The minimum Gasteiger partial charge on any atom is -0.478 e. The van der Waals surface area contributed by atoms with E-state index in [2.05, 4.69) is 0 Å². The zero-order valence-corrected chi connectivity index (χ0v) is 4.97. The van der Waals surface area contributed by atoms with Gasteiger partial charge >= 0.3 is 5.97 Å². The molecular weight excluding hydrogens is 136 g/mol. The third-order valence-electron chi connectivity index (χ3n) is 0.309. The van der Waals surface area contributed by atoms with Crippen LogP contribution in [-0.2, 0) is 21.9 Å². The van der Waals surface area contributed by atoms with E-state index in [9.17, 15) is 4.79 Å². The van der Waals surface area contributed by atoms with Crippen molar-refractivity contribution in [1.82, 2.24) is 0 Å². The quantitative estimate of drug-likeness (QED) is 0.430. The second-order valence-corrected chi connectivity index (χ2v) is 0.838. The fraction of sp³-hybridized carbons (Fsp3) is 0.250. The van der Waals surface area contributed by atoms with Crippen molar-refractivity contribution >= 4 is 5.97 Å². The number of carboxylic acid groups (broad SMARTS) is 1. The largest absolute Gasteiger partial charge is 0.478 e. The topological polar surface area (TPSA) is 37.3 Å². The molecule has 0 aromatic heterocycles. The predicted molar refractivity (Wildman–Crippen MR) is 22.4 cm³/mol. The number of rotatable bonds is 1. The van der Waals surface area contributed by atoms with E-state index in [4.69, 9.17) is 5.11 Å². The molecular formula is C4H6FeO2. The number of hydrogen-bond acceptors (Lipinski definition) is 1. The first-order valence-electron chi connectivity index (χ1n) is 1.63. The van der Waals surface area contributed by atoms with Crippen molar-refractivity contribution in [3.63, 3.8) is 0 Å². The molecule has 0 amide bonds. The summed E-state index contributed by atoms with van der Waals surface area (Å²) in [5, 5.41) is 7.83. The minimum absolute atomic E-state index is 0. The molecule has 0 spiro atoms. The summed E-state index contributed by atoms with van der Waals surface area (Å²) >= 11 is 0. The molecule has 0 aromatic rings. The van der Waals surface area contributed by atoms with Gasteiger partial charge in [-0.3, -0.25) is 0 Å². The Morgan fingerprint density at radius 3 is 2.14 bits per heavy atom. The molecule has 0 bridgehead atoms. The second-order valence-electron chi connectivity index (χ2n) is 0.838. The molecule has 7 heavy (non-hydrogen) atoms. The van der Waals surface area contributed by atoms with E-state index in [-0.39, 0.29) is 17.1 Å². The van der Waals surface area contributed by atoms with Gasteiger partial charge in [0.05, 0.1) is 0 Å². The molecule has 0 radical (unpaired) electrons. The first-order valence-corrected chi connectivity index (χ1v) is 1.63. The maximum absolute atomic E-state index is 9.51. The van der Waals surface area contributed by atoms with Gasteiger partial charge in [0.2, 0.25) is 0 Å². The summed E-state index contributed by atoms with van der Waals surface area (Å²) in [6.07, 6.45) is 2.56. The molecule has 1 N–H and O–H groups in total. The summed E-state index contributed by atoms with van der Waals surface area (Å²) in [4.78, 5) is 9.51. The Hall–Kier alpha value is -0.271. The van der Waals surface area contributed by atoms with Gasteiger partial charge in [-0.2, -0.15) is 0 Å². The van der Waals surface area contributed by atoms with E-state index >= 15 is 0 Å². The Balaban J connectivity index is 0. The van der Waals surface area contributed by atoms with Crippen LogP contribution in [0, 0.1) is 0 Å². The van der Waals surface area contributed by atoms with Crippen molar-refractivity contribution in [1.29, 1.82) is 0 Å². The molecule has 0 rings (SSSR count). The minimum atomic E-state index is -0.891. The molecule has 0 saturated heterocycles. The zero-order valence-electron chi connectivity index (χ0n) is 3.86. The summed E-state index contributed by atoms with van der Waals surface area (Å²) < 4.78 is 0. The Labute approximate surface area is 52.7 Å². The Morgan fingerprint density at radius 1 is 1.71 bits per heavy atom. The molecule has 0 aliphatic carbocycles. The van der Waals surface area contributed by atoms with Gasteiger partial charge in [0.1, 0.15) is 0 Å². The summed E-state index contributed by atoms with van der Waals surface area (Å²) in [6, 6.07) is 0. The molecule has 0 heterocycles. The van der Waals surface area contributed by atoms with Crippen LogP contribution < -0.4 is 0 Å². The van der Waals surface area contributed by atoms with E-state index in [0.717, 1.165) is 6.08 Å². The molecule has 42 valence electrons. The van der Waals surface area contributed by atoms with Crippen LogP contribution in [0.2, 0.25) is 0 Å². The monoisotopic (exact) mass is 142 g/mol. The molecule has 2 nitrogen and oxygen atoms in total. The van der Waals surface area contributed by atoms with Crippen LogP contribution in [0.25, 0.3) is 0 Å². The van der Waals surface area contributed by atoms with Crippen LogP contribution in [0.5, 0.6) is 0 Å². The number of carboxylic acids is 1. The Kier molecular flexibility index (Phi) is 8.08. The van der Waals surface area contributed by atoms with Gasteiger partial charge in [0.15, 0.2) is 0 Å². The van der Waals surface area contributed by atoms with Crippen molar-refractivity contribution in [3.05, 3.63) is 12.2 Å². The maximum Gasteiger partial charge on any atom is 0.327 e. The number of carbonyl (C=O) groups is 1. The molecule has 0 saturated carbocycles. The zero-order chi connectivity index (χ0) is 4.99. The summed E-state index contributed by atoms with van der Waals surface area (Å²) in [5.74, 6) is -0.891. The SMILES string of the molecule is CC=CC(=O)O.[Fe]. The standard InChI is InChI=1S/C4H6O2.Fe/c1-2-3-4(5)6;/h2-3H,1H3,(H,5,6);. The van der Waals surface area contributed by atoms with Gasteiger partial charge in [0, 0.05) is 23.1 Å². The maximum atomic E-state index is 9.51. The average Bonchev–Trinajstić information content (AvgIpc) is 1.35. The molecule has 0 unspecified atom stereocenters. The third-order valence-corrected chi connectivity index (χ3v) is 0.309. The summed E-state index contributed by atoms with van der Waals surface area (Å²) in [5.41, 5.74) is 0. The molecule has 0 aromatic carbocycles. The van der Waals surface area contributed by atoms with Gasteiger partial charge in [-0.05, 0) is 6.92 Å². The van der Waals surface area contributed by atoms with E-state index in [1.807, 2.05) is 0 Å². The van der Waals surface area contributed by atoms with Gasteiger partial charge < -0.3 is 5.11 Å². The van der Waals surface area contributed by atoms with Crippen LogP contribution in [0.1, 0.15) is 6.92 Å². The van der Waals surface area contributed by atoms with Gasteiger partial charge in [-0.25, -0.2) is 4.79 Å². The fourth-order valence-corrected chi connectivity index (χ4v) is 0.143. The van der Waals surface area contributed by atoms with Crippen LogP contribution in [0.15, 0.2) is 12.2 Å². The van der Waals surface area contributed by atoms with Crippen molar-refractivity contribution in [2.45, 2.75) is 6.92 Å². The van der Waals surface area contributed by atoms with Gasteiger partial charge in [0.25, 0.3) is 0 Å². The van der Waals surface area contributed by atoms with Crippen LogP contribution >= 0.6 is 0 Å². The summed E-state index contributed by atoms with van der Waals surface area (Å²) in [7, 11) is 0. The van der Waals surface area contributed by atoms with E-state index in [0.29, 0.717) is 0 Å². The first kappa shape index (κ1) is 9.88. The number of allylic oxidation sites excluding steroid dienone is 1. The Bertz CT molecular complexity index is 77.8. The Morgan fingerprint density at radius 2 is 2.14 bits per heavy atom. The van der Waals surface area contributed by atoms with E-state index in [1.165, 1.54) is 6.08 Å². The first-order chi connectivity index (χ1) is 2.77. The predicted octanol–water partition coefficient (Wildman–Crippen LogP) is 0.645. The number of hydrogen-bond donors (Lipinski definition) is 1. The van der Waals surface area contributed by atoms with Crippen molar-refractivity contribution in [2.24, 2.45) is 0 Å². The third kappa shape index (κ3) is 10.7. The molecule has 0 aliphatic rings. The van der Waals surface area contributed by atoms with Crippen molar-refractivity contribution in [3.8, 4) is 0 Å². The van der Waals surface area contributed by atoms with Gasteiger partial charge in [-0.1, -0.05) is 6.08 Å². The van der Waals surface area contributed by atoms with Crippen molar-refractivity contribution < 1.29 is 27.0 Å². The molecule has 3 heteroatoms. The van der Waals surface area contributed by atoms with E-state index < -0.39 is 5.97 Å². The number of aliphatic carboxylic acids is 1. The second kappa shape index (κ2) is 5.73. The van der Waals surface area contributed by atoms with Crippen LogP contribution in [0.3, 0.4) is 0 Å². The van der Waals surface area contributed by atoms with Crippen LogP contribution in [-0.4, -0.2) is 11.1 Å². The fourth-order valence-electron chi connectivity index (χ4n) is 0.143. The van der Waals surface area contributed by atoms with Crippen molar-refractivity contribution in [2.75, 3.05) is 0 Å². The molecule has 0 aliphatic heterocycles.